The van der Waals surface area contributed by atoms with Gasteiger partial charge in [0.15, 0.2) is 0 Å². The fourth-order valence-electron chi connectivity index (χ4n) is 0.462. The Balaban J connectivity index is 0. The SMILES string of the molecule is OCCOCCO.OCCSCCO. The maximum absolute atomic E-state index is 8.19. The molecule has 0 aromatic heterocycles. The molecule has 0 amide bonds. The van der Waals surface area contributed by atoms with Crippen LogP contribution >= 0.6 is 11.8 Å². The second-order valence-electron chi connectivity index (χ2n) is 2.12. The summed E-state index contributed by atoms with van der Waals surface area (Å²) in [6.45, 7) is 1.12. The predicted molar refractivity (Wildman–Crippen MR) is 56.5 cm³/mol. The van der Waals surface area contributed by atoms with Gasteiger partial charge in [-0.25, -0.2) is 0 Å². The highest BCUT2D eigenvalue weighted by molar-refractivity contribution is 7.99. The topological polar surface area (TPSA) is 90.2 Å². The van der Waals surface area contributed by atoms with Gasteiger partial charge in [0.1, 0.15) is 0 Å². The molecular formula is C8H20O5S. The Bertz CT molecular complexity index is 66.1. The number of hydrogen-bond donors (Lipinski definition) is 4. The highest BCUT2D eigenvalue weighted by atomic mass is 32.2. The molecule has 0 rings (SSSR count). The van der Waals surface area contributed by atoms with Crippen LogP contribution in [-0.2, 0) is 4.74 Å². The van der Waals surface area contributed by atoms with Crippen LogP contribution in [0.15, 0.2) is 0 Å². The Morgan fingerprint density at radius 1 is 0.714 bits per heavy atom. The summed E-state index contributed by atoms with van der Waals surface area (Å²) in [6, 6.07) is 0. The van der Waals surface area contributed by atoms with Gasteiger partial charge in [-0.05, 0) is 0 Å². The van der Waals surface area contributed by atoms with Crippen molar-refractivity contribution < 1.29 is 25.2 Å². The molecule has 0 aliphatic carbocycles. The number of ether oxygens (including phenoxy) is 1. The van der Waals surface area contributed by atoms with Crippen LogP contribution in [0.4, 0.5) is 0 Å². The normalized spacial score (nSPS) is 9.43. The lowest BCUT2D eigenvalue weighted by atomic mass is 10.7. The Morgan fingerprint density at radius 2 is 1.14 bits per heavy atom. The van der Waals surface area contributed by atoms with Crippen LogP contribution in [0.1, 0.15) is 0 Å². The third-order valence-electron chi connectivity index (χ3n) is 0.942. The molecule has 0 unspecified atom stereocenters. The van der Waals surface area contributed by atoms with E-state index in [2.05, 4.69) is 4.74 Å². The molecule has 0 bridgehead atoms. The zero-order chi connectivity index (χ0) is 11.1. The Hall–Kier alpha value is 0.150. The average molecular weight is 228 g/mol. The van der Waals surface area contributed by atoms with E-state index in [4.69, 9.17) is 20.4 Å². The number of hydrogen-bond acceptors (Lipinski definition) is 6. The second kappa shape index (κ2) is 18.8. The molecule has 88 valence electrons. The molecule has 0 aliphatic rings. The molecular weight excluding hydrogens is 208 g/mol. The number of aliphatic hydroxyl groups is 4. The van der Waals surface area contributed by atoms with Crippen molar-refractivity contribution in [2.75, 3.05) is 51.1 Å². The number of rotatable bonds is 8. The maximum Gasteiger partial charge on any atom is 0.0698 e. The van der Waals surface area contributed by atoms with E-state index in [0.29, 0.717) is 13.2 Å². The maximum atomic E-state index is 8.19. The molecule has 0 atom stereocenters. The summed E-state index contributed by atoms with van der Waals surface area (Å²) in [6.07, 6.45) is 0. The average Bonchev–Trinajstić information content (AvgIpc) is 2.21. The van der Waals surface area contributed by atoms with Crippen molar-refractivity contribution in [1.29, 1.82) is 0 Å². The minimum atomic E-state index is 0.0278. The van der Waals surface area contributed by atoms with Crippen molar-refractivity contribution in [2.24, 2.45) is 0 Å². The molecule has 14 heavy (non-hydrogen) atoms. The van der Waals surface area contributed by atoms with Crippen LogP contribution in [0.2, 0.25) is 0 Å². The molecule has 0 aromatic carbocycles. The van der Waals surface area contributed by atoms with Gasteiger partial charge in [0, 0.05) is 11.5 Å². The van der Waals surface area contributed by atoms with Crippen LogP contribution in [0, 0.1) is 0 Å². The summed E-state index contributed by atoms with van der Waals surface area (Å²) in [5, 5.41) is 32.6. The van der Waals surface area contributed by atoms with Crippen LogP contribution in [0.5, 0.6) is 0 Å². The van der Waals surface area contributed by atoms with E-state index in [9.17, 15) is 0 Å². The highest BCUT2D eigenvalue weighted by Crippen LogP contribution is 1.94. The minimum Gasteiger partial charge on any atom is -0.396 e. The lowest BCUT2D eigenvalue weighted by Gasteiger charge is -1.94. The number of aliphatic hydroxyl groups excluding tert-OH is 4. The van der Waals surface area contributed by atoms with Gasteiger partial charge in [-0.1, -0.05) is 0 Å². The predicted octanol–water partition coefficient (Wildman–Crippen LogP) is -1.31. The van der Waals surface area contributed by atoms with E-state index in [1.165, 1.54) is 0 Å². The Kier molecular flexibility index (Phi) is 22.3. The zero-order valence-corrected chi connectivity index (χ0v) is 9.08. The largest absolute Gasteiger partial charge is 0.396 e. The van der Waals surface area contributed by atoms with E-state index in [1.807, 2.05) is 0 Å². The van der Waals surface area contributed by atoms with E-state index >= 15 is 0 Å². The van der Waals surface area contributed by atoms with Gasteiger partial charge < -0.3 is 25.2 Å². The first-order valence-electron chi connectivity index (χ1n) is 4.42. The first-order chi connectivity index (χ1) is 6.83. The Morgan fingerprint density at radius 3 is 1.43 bits per heavy atom. The lowest BCUT2D eigenvalue weighted by Crippen LogP contribution is -2.03. The fourth-order valence-corrected chi connectivity index (χ4v) is 0.925. The van der Waals surface area contributed by atoms with E-state index in [1.54, 1.807) is 11.8 Å². The summed E-state index contributed by atoms with van der Waals surface area (Å²) >= 11 is 1.55. The molecule has 0 radical (unpaired) electrons. The smallest absolute Gasteiger partial charge is 0.0698 e. The van der Waals surface area contributed by atoms with Crippen LogP contribution in [-0.4, -0.2) is 71.6 Å². The summed E-state index contributed by atoms with van der Waals surface area (Å²) < 4.78 is 4.63. The van der Waals surface area contributed by atoms with Gasteiger partial charge in [0.25, 0.3) is 0 Å². The third kappa shape index (κ3) is 22.7. The van der Waals surface area contributed by atoms with Gasteiger partial charge in [-0.2, -0.15) is 11.8 Å². The molecule has 0 heterocycles. The molecule has 0 aromatic rings. The van der Waals surface area contributed by atoms with Crippen molar-refractivity contribution in [2.45, 2.75) is 0 Å². The quantitative estimate of drug-likeness (QED) is 0.386. The van der Waals surface area contributed by atoms with Crippen molar-refractivity contribution >= 4 is 11.8 Å². The van der Waals surface area contributed by atoms with Gasteiger partial charge >= 0.3 is 0 Å². The van der Waals surface area contributed by atoms with Gasteiger partial charge in [0.2, 0.25) is 0 Å². The van der Waals surface area contributed by atoms with Crippen molar-refractivity contribution in [3.63, 3.8) is 0 Å². The molecule has 6 heteroatoms. The van der Waals surface area contributed by atoms with Crippen molar-refractivity contribution in [1.82, 2.24) is 0 Å². The highest BCUT2D eigenvalue weighted by Gasteiger charge is 1.81. The van der Waals surface area contributed by atoms with Crippen LogP contribution in [0.3, 0.4) is 0 Å². The van der Waals surface area contributed by atoms with Gasteiger partial charge in [-0.15, -0.1) is 0 Å². The molecule has 0 saturated heterocycles. The molecule has 5 nitrogen and oxygen atoms in total. The lowest BCUT2D eigenvalue weighted by molar-refractivity contribution is 0.0650. The summed E-state index contributed by atoms with van der Waals surface area (Å²) in [4.78, 5) is 0. The first-order valence-corrected chi connectivity index (χ1v) is 5.57. The molecule has 0 spiro atoms. The molecule has 0 saturated carbocycles. The number of thioether (sulfide) groups is 1. The van der Waals surface area contributed by atoms with E-state index in [-0.39, 0.29) is 26.4 Å². The van der Waals surface area contributed by atoms with Crippen molar-refractivity contribution in [3.8, 4) is 0 Å². The van der Waals surface area contributed by atoms with Gasteiger partial charge in [0.05, 0.1) is 39.6 Å². The van der Waals surface area contributed by atoms with Crippen molar-refractivity contribution in [3.05, 3.63) is 0 Å². The molecule has 0 aliphatic heterocycles. The van der Waals surface area contributed by atoms with Gasteiger partial charge in [-0.3, -0.25) is 0 Å². The van der Waals surface area contributed by atoms with Crippen LogP contribution in [0.25, 0.3) is 0 Å². The third-order valence-corrected chi connectivity index (χ3v) is 1.88. The van der Waals surface area contributed by atoms with E-state index in [0.717, 1.165) is 11.5 Å². The second-order valence-corrected chi connectivity index (χ2v) is 3.34. The fraction of sp³-hybridized carbons (Fsp3) is 1.00. The van der Waals surface area contributed by atoms with E-state index < -0.39 is 0 Å². The molecule has 4 N–H and O–H groups in total. The van der Waals surface area contributed by atoms with Crippen LogP contribution < -0.4 is 0 Å². The summed E-state index contributed by atoms with van der Waals surface area (Å²) in [7, 11) is 0. The minimum absolute atomic E-state index is 0.0278. The first kappa shape index (κ1) is 16.6. The Labute approximate surface area is 88.7 Å². The monoisotopic (exact) mass is 228 g/mol. The summed E-state index contributed by atoms with van der Waals surface area (Å²) in [5.41, 5.74) is 0. The molecule has 0 fully saturated rings. The zero-order valence-electron chi connectivity index (χ0n) is 8.26. The summed E-state index contributed by atoms with van der Waals surface area (Å²) in [5.74, 6) is 1.47. The standard InChI is InChI=1S/C4H10O3.C4H10O2S/c2*5-1-3-7-4-2-6/h2*5-6H,1-4H2.